The number of alkyl halides is 3. The monoisotopic (exact) mass is 152 g/mol. The highest BCUT2D eigenvalue weighted by atomic mass is 19.4. The molecule has 0 saturated carbocycles. The highest BCUT2D eigenvalue weighted by Gasteiger charge is 2.37. The molecule has 0 N–H and O–H groups in total. The van der Waals surface area contributed by atoms with Crippen molar-refractivity contribution in [3.63, 3.8) is 0 Å². The van der Waals surface area contributed by atoms with Crippen molar-refractivity contribution in [2.45, 2.75) is 13.1 Å². The van der Waals surface area contributed by atoms with Crippen molar-refractivity contribution >= 4 is 0 Å². The second-order valence-corrected chi connectivity index (χ2v) is 1.68. The molecule has 0 fully saturated rings. The van der Waals surface area contributed by atoms with E-state index in [4.69, 9.17) is 0 Å². The molecule has 1 aromatic heterocycles. The van der Waals surface area contributed by atoms with Gasteiger partial charge in [-0.25, -0.2) is 0 Å². The zero-order chi connectivity index (χ0) is 7.78. The van der Waals surface area contributed by atoms with Gasteiger partial charge in [0.1, 0.15) is 0 Å². The number of hydrogen-bond donors (Lipinski definition) is 0. The predicted molar refractivity (Wildman–Crippen MR) is 24.0 cm³/mol. The molecule has 0 bridgehead atoms. The second-order valence-electron chi connectivity index (χ2n) is 1.68. The molecule has 0 saturated heterocycles. The fourth-order valence-corrected chi connectivity index (χ4v) is 0.492. The number of hydrogen-bond acceptors (Lipinski definition) is 3. The Hall–Kier alpha value is -1.07. The summed E-state index contributed by atoms with van der Waals surface area (Å²) in [6.45, 7) is 1.16. The Morgan fingerprint density at radius 2 is 2.00 bits per heavy atom. The summed E-state index contributed by atoms with van der Waals surface area (Å²) >= 11 is 0. The molecule has 6 heteroatoms. The van der Waals surface area contributed by atoms with Gasteiger partial charge in [-0.05, 0) is 6.92 Å². The average Bonchev–Trinajstić information content (AvgIpc) is 2.11. The number of halogens is 3. The summed E-state index contributed by atoms with van der Waals surface area (Å²) in [5.41, 5.74) is -1.06. The van der Waals surface area contributed by atoms with Crippen molar-refractivity contribution in [3.8, 4) is 0 Å². The lowest BCUT2D eigenvalue weighted by Crippen LogP contribution is -2.06. The van der Waals surface area contributed by atoms with Crippen molar-refractivity contribution in [2.75, 3.05) is 0 Å². The molecule has 0 radical (unpaired) electrons. The van der Waals surface area contributed by atoms with Gasteiger partial charge in [-0.15, -0.1) is 5.10 Å². The molecule has 56 valence electrons. The summed E-state index contributed by atoms with van der Waals surface area (Å²) in [6.07, 6.45) is -4.45. The average molecular weight is 152 g/mol. The molecule has 0 unspecified atom stereocenters. The van der Waals surface area contributed by atoms with Gasteiger partial charge in [-0.3, -0.25) is 0 Å². The third-order valence-corrected chi connectivity index (χ3v) is 0.921. The molecule has 0 amide bonds. The molecular formula is C4H3F3N2O. The maximum absolute atomic E-state index is 11.7. The van der Waals surface area contributed by atoms with Gasteiger partial charge in [0.15, 0.2) is 5.76 Å². The minimum absolute atomic E-state index is 0.312. The third-order valence-electron chi connectivity index (χ3n) is 0.921. The van der Waals surface area contributed by atoms with Crippen LogP contribution in [0.4, 0.5) is 13.2 Å². The van der Waals surface area contributed by atoms with Crippen LogP contribution in [0.3, 0.4) is 0 Å². The first-order valence-corrected chi connectivity index (χ1v) is 2.38. The van der Waals surface area contributed by atoms with Crippen LogP contribution in [-0.4, -0.2) is 10.4 Å². The Bertz CT molecular complexity index is 229. The van der Waals surface area contributed by atoms with Gasteiger partial charge >= 0.3 is 6.18 Å². The molecule has 1 heterocycles. The number of nitrogens with zero attached hydrogens (tertiary/aromatic N) is 2. The highest BCUT2D eigenvalue weighted by Crippen LogP contribution is 2.29. The normalized spacial score (nSPS) is 12.0. The summed E-state index contributed by atoms with van der Waals surface area (Å²) in [5.74, 6) is -0.312. The number of rotatable bonds is 0. The first kappa shape index (κ1) is 7.04. The first-order chi connectivity index (χ1) is 4.52. The molecule has 0 aliphatic rings. The Morgan fingerprint density at radius 1 is 1.40 bits per heavy atom. The maximum Gasteiger partial charge on any atom is 0.438 e. The van der Waals surface area contributed by atoms with Crippen LogP contribution < -0.4 is 0 Å². The number of aromatic nitrogens is 2. The molecule has 0 aliphatic carbocycles. The molecule has 3 nitrogen and oxygen atoms in total. The van der Waals surface area contributed by atoms with Gasteiger partial charge in [-0.2, -0.15) is 13.2 Å². The van der Waals surface area contributed by atoms with E-state index in [2.05, 4.69) is 14.9 Å². The van der Waals surface area contributed by atoms with Crippen LogP contribution >= 0.6 is 0 Å². The van der Waals surface area contributed by atoms with Crippen LogP contribution in [-0.2, 0) is 6.18 Å². The Balaban J connectivity index is 3.05. The molecular weight excluding hydrogens is 149 g/mol. The summed E-state index contributed by atoms with van der Waals surface area (Å²) in [6, 6.07) is 0. The van der Waals surface area contributed by atoms with E-state index in [1.807, 2.05) is 0 Å². The smallest absolute Gasteiger partial charge is 0.342 e. The Labute approximate surface area is 53.8 Å². The lowest BCUT2D eigenvalue weighted by atomic mass is 10.4. The standard InChI is InChI=1S/C4H3F3N2O/c1-2-3(4(5,6)7)8-9-10-2/h1H3. The summed E-state index contributed by atoms with van der Waals surface area (Å²) < 4.78 is 39.3. The van der Waals surface area contributed by atoms with Crippen LogP contribution in [0.25, 0.3) is 0 Å². The second kappa shape index (κ2) is 1.96. The lowest BCUT2D eigenvalue weighted by Gasteiger charge is -1.98. The molecule has 0 aromatic carbocycles. The summed E-state index contributed by atoms with van der Waals surface area (Å²) in [7, 11) is 0. The van der Waals surface area contributed by atoms with Crippen LogP contribution in [0.15, 0.2) is 4.52 Å². The van der Waals surface area contributed by atoms with E-state index in [-0.39, 0.29) is 5.76 Å². The zero-order valence-corrected chi connectivity index (χ0v) is 4.94. The van der Waals surface area contributed by atoms with Crippen LogP contribution in [0.2, 0.25) is 0 Å². The van der Waals surface area contributed by atoms with Gasteiger partial charge < -0.3 is 4.52 Å². The fraction of sp³-hybridized carbons (Fsp3) is 0.500. The quantitative estimate of drug-likeness (QED) is 0.563. The molecule has 0 aliphatic heterocycles. The van der Waals surface area contributed by atoms with Crippen molar-refractivity contribution in [3.05, 3.63) is 11.5 Å². The van der Waals surface area contributed by atoms with Crippen LogP contribution in [0, 0.1) is 6.92 Å². The van der Waals surface area contributed by atoms with Gasteiger partial charge in [0.2, 0.25) is 5.69 Å². The minimum Gasteiger partial charge on any atom is -0.342 e. The van der Waals surface area contributed by atoms with Crippen molar-refractivity contribution < 1.29 is 17.7 Å². The Kier molecular flexibility index (Phi) is 1.38. The van der Waals surface area contributed by atoms with Gasteiger partial charge in [0.25, 0.3) is 0 Å². The van der Waals surface area contributed by atoms with Crippen LogP contribution in [0.1, 0.15) is 11.5 Å². The topological polar surface area (TPSA) is 38.9 Å². The van der Waals surface area contributed by atoms with E-state index in [1.54, 1.807) is 0 Å². The van der Waals surface area contributed by atoms with E-state index in [0.717, 1.165) is 6.92 Å². The SMILES string of the molecule is Cc1onnc1C(F)(F)F. The lowest BCUT2D eigenvalue weighted by molar-refractivity contribution is -0.141. The molecule has 0 spiro atoms. The van der Waals surface area contributed by atoms with Crippen molar-refractivity contribution in [1.82, 2.24) is 10.4 Å². The zero-order valence-electron chi connectivity index (χ0n) is 4.94. The van der Waals surface area contributed by atoms with Crippen LogP contribution in [0.5, 0.6) is 0 Å². The largest absolute Gasteiger partial charge is 0.438 e. The fourth-order valence-electron chi connectivity index (χ4n) is 0.492. The molecule has 1 aromatic rings. The molecule has 1 rings (SSSR count). The minimum atomic E-state index is -4.45. The van der Waals surface area contributed by atoms with Gasteiger partial charge in [-0.1, -0.05) is 0 Å². The Morgan fingerprint density at radius 3 is 2.20 bits per heavy atom. The van der Waals surface area contributed by atoms with Crippen molar-refractivity contribution in [1.29, 1.82) is 0 Å². The van der Waals surface area contributed by atoms with Gasteiger partial charge in [0.05, 0.1) is 0 Å². The highest BCUT2D eigenvalue weighted by molar-refractivity contribution is 5.06. The molecule has 10 heavy (non-hydrogen) atoms. The molecule has 0 atom stereocenters. The maximum atomic E-state index is 11.7. The van der Waals surface area contributed by atoms with Gasteiger partial charge in [0, 0.05) is 5.27 Å². The van der Waals surface area contributed by atoms with Crippen molar-refractivity contribution in [2.24, 2.45) is 0 Å². The summed E-state index contributed by atoms with van der Waals surface area (Å²) in [5, 5.41) is 5.49. The summed E-state index contributed by atoms with van der Waals surface area (Å²) in [4.78, 5) is 0. The first-order valence-electron chi connectivity index (χ1n) is 2.38. The van der Waals surface area contributed by atoms with E-state index in [9.17, 15) is 13.2 Å². The van der Waals surface area contributed by atoms with E-state index in [0.29, 0.717) is 0 Å². The number of aryl methyl sites for hydroxylation is 1. The van der Waals surface area contributed by atoms with E-state index in [1.165, 1.54) is 0 Å². The predicted octanol–water partition coefficient (Wildman–Crippen LogP) is 1.40. The van der Waals surface area contributed by atoms with E-state index >= 15 is 0 Å². The van der Waals surface area contributed by atoms with E-state index < -0.39 is 11.9 Å². The third kappa shape index (κ3) is 1.09.